The predicted octanol–water partition coefficient (Wildman–Crippen LogP) is 5.10. The number of phosphoric ester groups is 1. The third kappa shape index (κ3) is 6.76. The molecule has 35 heavy (non-hydrogen) atoms. The van der Waals surface area contributed by atoms with Crippen molar-refractivity contribution in [3.63, 3.8) is 0 Å². The summed E-state index contributed by atoms with van der Waals surface area (Å²) in [4.78, 5) is 17.9. The molecule has 0 spiro atoms. The first-order valence-electron chi connectivity index (χ1n) is 11.4. The Kier molecular flexibility index (Phi) is 7.97. The number of aliphatic hydroxyl groups is 1. The molecule has 5 N–H and O–H groups in total. The normalized spacial score (nSPS) is 21.7. The van der Waals surface area contributed by atoms with Crippen molar-refractivity contribution < 1.29 is 41.9 Å². The summed E-state index contributed by atoms with van der Waals surface area (Å²) in [6.07, 6.45) is -1.84. The first-order valence-corrected chi connectivity index (χ1v) is 13.0. The maximum atomic E-state index is 14.2. The fourth-order valence-corrected chi connectivity index (χ4v) is 5.05. The number of aliphatic hydroxyl groups excluding tert-OH is 1. The van der Waals surface area contributed by atoms with Gasteiger partial charge < -0.3 is 25.4 Å². The van der Waals surface area contributed by atoms with Crippen LogP contribution in [0.25, 0.3) is 10.8 Å². The van der Waals surface area contributed by atoms with Gasteiger partial charge in [-0.2, -0.15) is 13.2 Å². The second-order valence-electron chi connectivity index (χ2n) is 10.4. The number of ether oxygens (including phenoxy) is 1. The summed E-state index contributed by atoms with van der Waals surface area (Å²) in [6.45, 7) is 5.03. The molecule has 0 aliphatic heterocycles. The van der Waals surface area contributed by atoms with Gasteiger partial charge in [0.05, 0.1) is 24.9 Å². The molecule has 2 aromatic rings. The Hall–Kier alpha value is -1.68. The minimum Gasteiger partial charge on any atom is -0.490 e. The number of fused-ring (bicyclic) bond motifs is 1. The van der Waals surface area contributed by atoms with Crippen LogP contribution in [0.2, 0.25) is 0 Å². The largest absolute Gasteiger partial charge is 0.490 e. The fourth-order valence-electron chi connectivity index (χ4n) is 4.66. The quantitative estimate of drug-likeness (QED) is 0.376. The molecule has 1 unspecified atom stereocenters. The van der Waals surface area contributed by atoms with Gasteiger partial charge in [-0.1, -0.05) is 39.0 Å². The molecule has 1 aliphatic rings. The lowest BCUT2D eigenvalue weighted by molar-refractivity contribution is -0.138. The summed E-state index contributed by atoms with van der Waals surface area (Å²) < 4.78 is 63.8. The number of hydrogen-bond acceptors (Lipinski definition) is 5. The van der Waals surface area contributed by atoms with Gasteiger partial charge in [0.1, 0.15) is 11.3 Å². The van der Waals surface area contributed by atoms with Crippen LogP contribution >= 0.6 is 7.82 Å². The Labute approximate surface area is 202 Å². The van der Waals surface area contributed by atoms with Crippen LogP contribution in [-0.4, -0.2) is 34.2 Å². The summed E-state index contributed by atoms with van der Waals surface area (Å²) in [5.41, 5.74) is 3.77. The zero-order chi connectivity index (χ0) is 26.2. The topological polar surface area (TPSA) is 122 Å². The smallest absolute Gasteiger partial charge is 0.469 e. The van der Waals surface area contributed by atoms with E-state index in [2.05, 4.69) is 25.3 Å². The van der Waals surface area contributed by atoms with Crippen molar-refractivity contribution in [2.45, 2.75) is 64.3 Å². The Morgan fingerprint density at radius 1 is 1.06 bits per heavy atom. The van der Waals surface area contributed by atoms with Gasteiger partial charge in [0.15, 0.2) is 0 Å². The van der Waals surface area contributed by atoms with E-state index in [1.807, 2.05) is 0 Å². The highest BCUT2D eigenvalue weighted by Crippen LogP contribution is 2.45. The molecule has 1 fully saturated rings. The van der Waals surface area contributed by atoms with Gasteiger partial charge >= 0.3 is 14.0 Å². The molecule has 0 heterocycles. The molecule has 1 atom stereocenters. The van der Waals surface area contributed by atoms with Crippen molar-refractivity contribution in [2.24, 2.45) is 17.1 Å². The second kappa shape index (κ2) is 10.00. The Bertz CT molecular complexity index is 1090. The predicted molar refractivity (Wildman–Crippen MR) is 126 cm³/mol. The summed E-state index contributed by atoms with van der Waals surface area (Å²) in [5.74, 6) is 0.264. The lowest BCUT2D eigenvalue weighted by Crippen LogP contribution is -2.44. The van der Waals surface area contributed by atoms with Gasteiger partial charge in [-0.15, -0.1) is 0 Å². The number of hydrogen-bond donors (Lipinski definition) is 4. The average molecular weight is 519 g/mol. The molecule has 1 saturated carbocycles. The van der Waals surface area contributed by atoms with Crippen molar-refractivity contribution in [3.05, 3.63) is 41.5 Å². The van der Waals surface area contributed by atoms with E-state index in [-0.39, 0.29) is 33.6 Å². The van der Waals surface area contributed by atoms with Crippen LogP contribution in [-0.2, 0) is 20.8 Å². The maximum Gasteiger partial charge on any atom is 0.469 e. The Balaban J connectivity index is 1.93. The molecule has 0 bridgehead atoms. The van der Waals surface area contributed by atoms with E-state index in [1.54, 1.807) is 0 Å². The zero-order valence-electron chi connectivity index (χ0n) is 20.0. The molecule has 0 amide bonds. The van der Waals surface area contributed by atoms with Gasteiger partial charge in [0, 0.05) is 0 Å². The van der Waals surface area contributed by atoms with Crippen molar-refractivity contribution >= 4 is 18.6 Å². The second-order valence-corrected chi connectivity index (χ2v) is 11.6. The molecule has 196 valence electrons. The summed E-state index contributed by atoms with van der Waals surface area (Å²) in [5, 5.41) is 9.82. The maximum absolute atomic E-state index is 14.2. The number of alkyl halides is 3. The average Bonchev–Trinajstić information content (AvgIpc) is 2.75. The molecule has 3 rings (SSSR count). The van der Waals surface area contributed by atoms with Crippen LogP contribution in [0.4, 0.5) is 13.2 Å². The van der Waals surface area contributed by atoms with E-state index in [9.17, 15) is 22.8 Å². The van der Waals surface area contributed by atoms with E-state index in [4.69, 9.17) is 20.3 Å². The van der Waals surface area contributed by atoms with Crippen LogP contribution < -0.4 is 10.5 Å². The molecular formula is C24H33F3NO6P. The molecule has 11 heteroatoms. The third-order valence-electron chi connectivity index (χ3n) is 6.80. The van der Waals surface area contributed by atoms with Crippen molar-refractivity contribution in [1.29, 1.82) is 0 Å². The number of phosphoric acid groups is 1. The lowest BCUT2D eigenvalue weighted by atomic mass is 9.72. The van der Waals surface area contributed by atoms with E-state index in [1.165, 1.54) is 30.3 Å². The molecule has 1 aliphatic carbocycles. The third-order valence-corrected chi connectivity index (χ3v) is 7.27. The Morgan fingerprint density at radius 3 is 2.20 bits per heavy atom. The summed E-state index contributed by atoms with van der Waals surface area (Å²) >= 11 is 0. The van der Waals surface area contributed by atoms with Gasteiger partial charge in [-0.05, 0) is 65.5 Å². The van der Waals surface area contributed by atoms with Crippen molar-refractivity contribution in [1.82, 2.24) is 0 Å². The van der Waals surface area contributed by atoms with E-state index in [0.29, 0.717) is 18.8 Å². The molecule has 0 aromatic heterocycles. The first kappa shape index (κ1) is 27.9. The molecule has 7 nitrogen and oxygen atoms in total. The first-order chi connectivity index (χ1) is 16.0. The number of benzene rings is 2. The highest BCUT2D eigenvalue weighted by molar-refractivity contribution is 7.46. The Morgan fingerprint density at radius 2 is 1.69 bits per heavy atom. The number of halogens is 3. The van der Waals surface area contributed by atoms with Gasteiger partial charge in [-0.25, -0.2) is 4.57 Å². The van der Waals surface area contributed by atoms with E-state index in [0.717, 1.165) is 12.8 Å². The summed E-state index contributed by atoms with van der Waals surface area (Å²) in [7, 11) is -4.87. The van der Waals surface area contributed by atoms with Gasteiger partial charge in [-0.3, -0.25) is 4.52 Å². The van der Waals surface area contributed by atoms with Crippen molar-refractivity contribution in [2.75, 3.05) is 13.2 Å². The fraction of sp³-hybridized carbons (Fsp3) is 0.583. The molecular weight excluding hydrogens is 486 g/mol. The van der Waals surface area contributed by atoms with Crippen LogP contribution in [0.3, 0.4) is 0 Å². The minimum absolute atomic E-state index is 0.0988. The van der Waals surface area contributed by atoms with Gasteiger partial charge in [0.25, 0.3) is 0 Å². The van der Waals surface area contributed by atoms with Crippen LogP contribution in [0.15, 0.2) is 30.3 Å². The molecule has 2 aromatic carbocycles. The highest BCUT2D eigenvalue weighted by atomic mass is 31.2. The molecule has 0 saturated heterocycles. The summed E-state index contributed by atoms with van der Waals surface area (Å²) in [6, 6.07) is 6.63. The van der Waals surface area contributed by atoms with Crippen molar-refractivity contribution in [3.8, 4) is 5.75 Å². The monoisotopic (exact) mass is 519 g/mol. The van der Waals surface area contributed by atoms with Gasteiger partial charge in [0.2, 0.25) is 0 Å². The lowest BCUT2D eigenvalue weighted by Gasteiger charge is -2.37. The number of nitrogens with two attached hydrogens (primary N) is 1. The standard InChI is InChI=1S/C24H33F3NO6P/c1-22(2,3)16-5-8-18(9-6-16)34-20-11-4-15-12-17(7-10-19(15)21(20)24(25,26)27)23(28,13-29)14-33-35(30,31)32/h4,7,10-12,16,18,29H,5-6,8-9,13-14,28H2,1-3H3,(H2,30,31,32)/t16-,18-,23?. The zero-order valence-corrected chi connectivity index (χ0v) is 20.9. The molecule has 0 radical (unpaired) electrons. The number of rotatable bonds is 7. The SMILES string of the molecule is CC(C)(C)[C@H]1CC[C@H](Oc2ccc3cc(C(N)(CO)COP(=O)(O)O)ccc3c2C(F)(F)F)CC1. The van der Waals surface area contributed by atoms with E-state index < -0.39 is 38.3 Å². The van der Waals surface area contributed by atoms with E-state index >= 15 is 0 Å². The minimum atomic E-state index is -4.87. The van der Waals surface area contributed by atoms with Crippen LogP contribution in [0.5, 0.6) is 5.75 Å². The highest BCUT2D eigenvalue weighted by Gasteiger charge is 2.39. The van der Waals surface area contributed by atoms with Crippen LogP contribution in [0.1, 0.15) is 57.6 Å². The van der Waals surface area contributed by atoms with Crippen LogP contribution in [0, 0.1) is 11.3 Å².